The Labute approximate surface area is 262 Å². The number of hydrogen-bond acceptors (Lipinski definition) is 7. The maximum absolute atomic E-state index is 14.8. The lowest BCUT2D eigenvalue weighted by atomic mass is 9.81. The van der Waals surface area contributed by atoms with Crippen LogP contribution in [0.4, 0.5) is 22.0 Å². The van der Waals surface area contributed by atoms with Crippen LogP contribution in [0.2, 0.25) is 5.02 Å². The minimum atomic E-state index is -5.48. The van der Waals surface area contributed by atoms with E-state index in [1.165, 1.54) is 19.2 Å². The van der Waals surface area contributed by atoms with Crippen molar-refractivity contribution in [1.29, 1.82) is 0 Å². The van der Waals surface area contributed by atoms with E-state index in [4.69, 9.17) is 26.8 Å². The third-order valence-corrected chi connectivity index (χ3v) is 8.53. The Balaban J connectivity index is 1.42. The molecule has 1 fully saturated rings. The van der Waals surface area contributed by atoms with E-state index in [9.17, 15) is 36.6 Å². The highest BCUT2D eigenvalue weighted by Crippen LogP contribution is 2.48. The third-order valence-electron chi connectivity index (χ3n) is 8.24. The van der Waals surface area contributed by atoms with Gasteiger partial charge in [-0.25, -0.2) is 13.8 Å². The van der Waals surface area contributed by atoms with Gasteiger partial charge in [0.15, 0.2) is 0 Å². The number of fused-ring (bicyclic) bond motifs is 2. The van der Waals surface area contributed by atoms with Gasteiger partial charge in [0.2, 0.25) is 11.5 Å². The van der Waals surface area contributed by atoms with E-state index in [0.29, 0.717) is 17.0 Å². The van der Waals surface area contributed by atoms with Crippen molar-refractivity contribution in [3.8, 4) is 22.8 Å². The van der Waals surface area contributed by atoms with Crippen molar-refractivity contribution >= 4 is 34.3 Å². The first-order valence-electron chi connectivity index (χ1n) is 13.9. The molecular formula is C30H25ClF5N5O5. The zero-order chi connectivity index (χ0) is 33.2. The number of benzene rings is 2. The van der Waals surface area contributed by atoms with Gasteiger partial charge in [-0.2, -0.15) is 18.3 Å². The minimum absolute atomic E-state index is 0.0654. The highest BCUT2D eigenvalue weighted by atomic mass is 35.5. The summed E-state index contributed by atoms with van der Waals surface area (Å²) in [4.78, 5) is 29.7. The number of alkyl halides is 4. The van der Waals surface area contributed by atoms with Crippen LogP contribution in [0.25, 0.3) is 22.2 Å². The summed E-state index contributed by atoms with van der Waals surface area (Å²) < 4.78 is 85.2. The number of carbonyl (C=O) groups excluding carboxylic acids is 2. The largest absolute Gasteiger partial charge is 0.494 e. The Kier molecular flexibility index (Phi) is 7.59. The van der Waals surface area contributed by atoms with E-state index in [0.717, 1.165) is 31.0 Å². The molecule has 0 unspecified atom stereocenters. The molecule has 0 bridgehead atoms. The molecule has 16 heteroatoms. The molecule has 4 N–H and O–H groups in total. The molecule has 46 heavy (non-hydrogen) atoms. The molecule has 1 aliphatic carbocycles. The number of pyridine rings is 1. The first-order chi connectivity index (χ1) is 21.7. The molecular weight excluding hydrogens is 641 g/mol. The summed E-state index contributed by atoms with van der Waals surface area (Å²) >= 11 is 5.90. The number of halogens is 6. The number of nitrogens with one attached hydrogen (secondary N) is 1. The first kappa shape index (κ1) is 31.5. The predicted molar refractivity (Wildman–Crippen MR) is 154 cm³/mol. The lowest BCUT2D eigenvalue weighted by Gasteiger charge is -2.31. The van der Waals surface area contributed by atoms with Gasteiger partial charge in [-0.3, -0.25) is 14.3 Å². The number of rotatable bonds is 9. The molecule has 2 aromatic carbocycles. The van der Waals surface area contributed by atoms with Crippen molar-refractivity contribution in [3.05, 3.63) is 70.3 Å². The molecule has 3 heterocycles. The number of hydrogen-bond donors (Lipinski definition) is 3. The Morgan fingerprint density at radius 1 is 1.24 bits per heavy atom. The first-order valence-corrected chi connectivity index (χ1v) is 14.2. The van der Waals surface area contributed by atoms with Crippen molar-refractivity contribution in [2.75, 3.05) is 26.9 Å². The monoisotopic (exact) mass is 665 g/mol. The highest BCUT2D eigenvalue weighted by Gasteiger charge is 2.58. The normalized spacial score (nSPS) is 19.0. The number of carbonyl (C=O) groups is 2. The summed E-state index contributed by atoms with van der Waals surface area (Å²) in [6.45, 7) is -3.58. The third kappa shape index (κ3) is 5.07. The number of ether oxygens (including phenoxy) is 2. The molecule has 0 spiro atoms. The molecule has 2 amide bonds. The van der Waals surface area contributed by atoms with E-state index in [1.807, 2.05) is 0 Å². The molecule has 2 aromatic heterocycles. The van der Waals surface area contributed by atoms with Crippen LogP contribution in [-0.4, -0.2) is 64.8 Å². The molecule has 0 saturated heterocycles. The number of nitrogens with zero attached hydrogens (tertiary/aromatic N) is 3. The van der Waals surface area contributed by atoms with Crippen LogP contribution in [0, 0.1) is 5.82 Å². The van der Waals surface area contributed by atoms with E-state index < -0.39 is 76.6 Å². The Hall–Kier alpha value is -4.50. The summed E-state index contributed by atoms with van der Waals surface area (Å²) in [5, 5.41) is 17.9. The van der Waals surface area contributed by atoms with Gasteiger partial charge in [-0.15, -0.1) is 0 Å². The second-order valence-corrected chi connectivity index (χ2v) is 11.6. The van der Waals surface area contributed by atoms with E-state index in [1.54, 1.807) is 10.9 Å². The standard InChI is InChI=1S/C30H25ClF5N5O5/c1-45-21-8-15(6-16-10-41(17-3-4-17)40-23(16)21)26(42)38-12-29(44,30(34,35)36)22-9-18-25(46-13-28(18,11-32)27(37)43)24(39-22)14-2-5-20(33)19(31)7-14/h2,5-10,17,44H,3-4,11-13H2,1H3,(H2,37,43)(H,38,42)/t28-,29+/m1/s1. The summed E-state index contributed by atoms with van der Waals surface area (Å²) in [5.74, 6) is -3.17. The zero-order valence-corrected chi connectivity index (χ0v) is 24.7. The molecule has 1 saturated carbocycles. The van der Waals surface area contributed by atoms with Gasteiger partial charge in [0.25, 0.3) is 5.91 Å². The van der Waals surface area contributed by atoms with Crippen molar-refractivity contribution in [3.63, 3.8) is 0 Å². The molecule has 0 radical (unpaired) electrons. The van der Waals surface area contributed by atoms with Crippen LogP contribution >= 0.6 is 11.6 Å². The summed E-state index contributed by atoms with van der Waals surface area (Å²) in [5.41, 5.74) is -2.25. The second-order valence-electron chi connectivity index (χ2n) is 11.2. The SMILES string of the molecule is COc1cc(C(=O)NC[C@](O)(c2cc3c(c(-c4ccc(F)c(Cl)c4)n2)OC[C@@]3(CF)C(N)=O)C(F)(F)F)cc2cn(C3CC3)nc12. The minimum Gasteiger partial charge on any atom is -0.494 e. The summed E-state index contributed by atoms with van der Waals surface area (Å²) in [6.07, 6.45) is -1.90. The van der Waals surface area contributed by atoms with E-state index in [2.05, 4.69) is 15.4 Å². The Bertz CT molecular complexity index is 1900. The predicted octanol–water partition coefficient (Wildman–Crippen LogP) is 4.50. The fourth-order valence-corrected chi connectivity index (χ4v) is 5.50. The summed E-state index contributed by atoms with van der Waals surface area (Å²) in [7, 11) is 1.35. The van der Waals surface area contributed by atoms with E-state index in [-0.39, 0.29) is 28.7 Å². The van der Waals surface area contributed by atoms with Crippen LogP contribution in [0.1, 0.15) is 40.5 Å². The average molecular weight is 666 g/mol. The molecule has 4 aromatic rings. The Morgan fingerprint density at radius 2 is 1.98 bits per heavy atom. The fourth-order valence-electron chi connectivity index (χ4n) is 5.32. The second kappa shape index (κ2) is 11.1. The highest BCUT2D eigenvalue weighted by molar-refractivity contribution is 6.31. The smallest absolute Gasteiger partial charge is 0.424 e. The van der Waals surface area contributed by atoms with Crippen LogP contribution < -0.4 is 20.5 Å². The van der Waals surface area contributed by atoms with Crippen LogP contribution in [0.15, 0.2) is 42.6 Å². The topological polar surface area (TPSA) is 142 Å². The number of primary amides is 1. The number of aliphatic hydroxyl groups is 1. The van der Waals surface area contributed by atoms with Gasteiger partial charge in [-0.1, -0.05) is 11.6 Å². The quantitative estimate of drug-likeness (QED) is 0.224. The lowest BCUT2D eigenvalue weighted by Crippen LogP contribution is -2.52. The maximum Gasteiger partial charge on any atom is 0.424 e. The van der Waals surface area contributed by atoms with Gasteiger partial charge in [0.1, 0.15) is 47.2 Å². The van der Waals surface area contributed by atoms with Crippen LogP contribution in [0.3, 0.4) is 0 Å². The van der Waals surface area contributed by atoms with Gasteiger partial charge < -0.3 is 25.6 Å². The van der Waals surface area contributed by atoms with Crippen molar-refractivity contribution in [1.82, 2.24) is 20.1 Å². The molecule has 2 aliphatic rings. The van der Waals surface area contributed by atoms with E-state index >= 15 is 0 Å². The van der Waals surface area contributed by atoms with Gasteiger partial charge in [0, 0.05) is 28.3 Å². The molecule has 2 atom stereocenters. The average Bonchev–Trinajstić information content (AvgIpc) is 3.66. The van der Waals surface area contributed by atoms with Crippen LogP contribution in [0.5, 0.6) is 11.5 Å². The van der Waals surface area contributed by atoms with Crippen LogP contribution in [-0.2, 0) is 15.8 Å². The number of methoxy groups -OCH3 is 1. The lowest BCUT2D eigenvalue weighted by molar-refractivity contribution is -0.265. The van der Waals surface area contributed by atoms with Gasteiger partial charge in [-0.05, 0) is 49.2 Å². The zero-order valence-electron chi connectivity index (χ0n) is 23.9. The van der Waals surface area contributed by atoms with Crippen molar-refractivity contribution < 1.29 is 46.1 Å². The summed E-state index contributed by atoms with van der Waals surface area (Å²) in [6, 6.07) is 6.69. The number of amides is 2. The van der Waals surface area contributed by atoms with Gasteiger partial charge >= 0.3 is 6.18 Å². The Morgan fingerprint density at radius 3 is 2.59 bits per heavy atom. The van der Waals surface area contributed by atoms with Crippen molar-refractivity contribution in [2.24, 2.45) is 5.73 Å². The number of aromatic nitrogens is 3. The number of nitrogens with two attached hydrogens (primary N) is 1. The van der Waals surface area contributed by atoms with Crippen molar-refractivity contribution in [2.45, 2.75) is 36.1 Å². The molecule has 242 valence electrons. The molecule has 6 rings (SSSR count). The maximum atomic E-state index is 14.8. The molecule has 10 nitrogen and oxygen atoms in total. The van der Waals surface area contributed by atoms with Gasteiger partial charge in [0.05, 0.1) is 30.4 Å². The fraction of sp³-hybridized carbons (Fsp3) is 0.333. The molecule has 1 aliphatic heterocycles.